The Morgan fingerprint density at radius 3 is 2.24 bits per heavy atom. The van der Waals surface area contributed by atoms with E-state index in [2.05, 4.69) is 5.32 Å². The summed E-state index contributed by atoms with van der Waals surface area (Å²) in [4.78, 5) is 24.3. The fourth-order valence-electron chi connectivity index (χ4n) is 2.06. The first-order chi connectivity index (χ1) is 11.9. The van der Waals surface area contributed by atoms with Gasteiger partial charge in [-0.2, -0.15) is 0 Å². The van der Waals surface area contributed by atoms with Gasteiger partial charge in [0.15, 0.2) is 6.10 Å². The van der Waals surface area contributed by atoms with Crippen LogP contribution < -0.4 is 5.32 Å². The number of anilines is 1. The smallest absolute Gasteiger partial charge is 0.338 e. The van der Waals surface area contributed by atoms with E-state index in [1.165, 1.54) is 6.92 Å². The summed E-state index contributed by atoms with van der Waals surface area (Å²) >= 11 is 11.8. The molecule has 0 aliphatic carbocycles. The van der Waals surface area contributed by atoms with Gasteiger partial charge in [0.2, 0.25) is 0 Å². The zero-order chi connectivity index (χ0) is 18.4. The first-order valence-corrected chi connectivity index (χ1v) is 8.20. The lowest BCUT2D eigenvalue weighted by Crippen LogP contribution is -2.30. The Balaban J connectivity index is 1.96. The Hall–Kier alpha value is -2.08. The van der Waals surface area contributed by atoms with Gasteiger partial charge in [-0.05, 0) is 42.8 Å². The van der Waals surface area contributed by atoms with E-state index < -0.39 is 18.0 Å². The van der Waals surface area contributed by atoms with Gasteiger partial charge in [-0.25, -0.2) is 4.79 Å². The maximum Gasteiger partial charge on any atom is 0.338 e. The molecule has 2 aromatic rings. The number of amides is 1. The fourth-order valence-corrected chi connectivity index (χ4v) is 2.58. The molecule has 0 unspecified atom stereocenters. The van der Waals surface area contributed by atoms with Gasteiger partial charge in [0.25, 0.3) is 5.91 Å². The summed E-state index contributed by atoms with van der Waals surface area (Å²) in [5.41, 5.74) is 1.71. The van der Waals surface area contributed by atoms with Crippen molar-refractivity contribution in [1.29, 1.82) is 0 Å². The normalized spacial score (nSPS) is 11.7. The molecule has 0 aliphatic heterocycles. The number of nitrogens with one attached hydrogen (secondary N) is 1. The van der Waals surface area contributed by atoms with Gasteiger partial charge in [-0.15, -0.1) is 0 Å². The second kappa shape index (κ2) is 8.85. The van der Waals surface area contributed by atoms with Crippen LogP contribution >= 0.6 is 23.2 Å². The molecule has 0 aliphatic rings. The number of hydrogen-bond acceptors (Lipinski definition) is 4. The van der Waals surface area contributed by atoms with E-state index in [0.29, 0.717) is 27.9 Å². The number of halogens is 2. The van der Waals surface area contributed by atoms with E-state index in [1.54, 1.807) is 49.6 Å². The summed E-state index contributed by atoms with van der Waals surface area (Å²) in [6.07, 6.45) is -0.982. The summed E-state index contributed by atoms with van der Waals surface area (Å²) in [6.45, 7) is 1.94. The van der Waals surface area contributed by atoms with Gasteiger partial charge in [-0.3, -0.25) is 4.79 Å². The SMILES string of the molecule is COCc1ccc(C(=O)O[C@@H](C)C(=O)Nc2cc(Cl)cc(Cl)c2)cc1. The molecule has 0 bridgehead atoms. The van der Waals surface area contributed by atoms with Crippen molar-refractivity contribution >= 4 is 40.8 Å². The first-order valence-electron chi connectivity index (χ1n) is 7.45. The van der Waals surface area contributed by atoms with Crippen molar-refractivity contribution in [2.45, 2.75) is 19.6 Å². The number of hydrogen-bond donors (Lipinski definition) is 1. The summed E-state index contributed by atoms with van der Waals surface area (Å²) in [6, 6.07) is 11.4. The number of benzene rings is 2. The number of rotatable bonds is 6. The molecule has 5 nitrogen and oxygen atoms in total. The maximum atomic E-state index is 12.2. The van der Waals surface area contributed by atoms with E-state index in [4.69, 9.17) is 32.7 Å². The highest BCUT2D eigenvalue weighted by Gasteiger charge is 2.19. The van der Waals surface area contributed by atoms with E-state index in [1.807, 2.05) is 0 Å². The van der Waals surface area contributed by atoms with Crippen molar-refractivity contribution in [1.82, 2.24) is 0 Å². The van der Waals surface area contributed by atoms with E-state index in [9.17, 15) is 9.59 Å². The zero-order valence-corrected chi connectivity index (χ0v) is 15.2. The van der Waals surface area contributed by atoms with Gasteiger partial charge < -0.3 is 14.8 Å². The molecular weight excluding hydrogens is 365 g/mol. The van der Waals surface area contributed by atoms with Crippen molar-refractivity contribution in [3.8, 4) is 0 Å². The Morgan fingerprint density at radius 2 is 1.68 bits per heavy atom. The topological polar surface area (TPSA) is 64.6 Å². The Labute approximate surface area is 155 Å². The molecule has 7 heteroatoms. The lowest BCUT2D eigenvalue weighted by atomic mass is 10.1. The van der Waals surface area contributed by atoms with Crippen LogP contribution in [-0.4, -0.2) is 25.1 Å². The average molecular weight is 382 g/mol. The van der Waals surface area contributed by atoms with E-state index in [0.717, 1.165) is 5.56 Å². The number of carbonyl (C=O) groups is 2. The van der Waals surface area contributed by atoms with Crippen LogP contribution in [0.5, 0.6) is 0 Å². The van der Waals surface area contributed by atoms with Crippen LogP contribution in [0.15, 0.2) is 42.5 Å². The zero-order valence-electron chi connectivity index (χ0n) is 13.7. The second-order valence-corrected chi connectivity index (χ2v) is 6.20. The quantitative estimate of drug-likeness (QED) is 0.756. The van der Waals surface area contributed by atoms with Crippen LogP contribution in [0.4, 0.5) is 5.69 Å². The third kappa shape index (κ3) is 5.74. The number of carbonyl (C=O) groups excluding carboxylic acids is 2. The number of ether oxygens (including phenoxy) is 2. The molecule has 1 amide bonds. The summed E-state index contributed by atoms with van der Waals surface area (Å²) < 4.78 is 10.2. The number of esters is 1. The molecular formula is C18H17Cl2NO4. The summed E-state index contributed by atoms with van der Waals surface area (Å²) in [7, 11) is 1.59. The van der Waals surface area contributed by atoms with Crippen LogP contribution in [0.25, 0.3) is 0 Å². The predicted molar refractivity (Wildman–Crippen MR) is 97.1 cm³/mol. The molecule has 0 radical (unpaired) electrons. The molecule has 0 saturated carbocycles. The van der Waals surface area contributed by atoms with E-state index >= 15 is 0 Å². The Bertz CT molecular complexity index is 742. The Kier molecular flexibility index (Phi) is 6.82. The van der Waals surface area contributed by atoms with Gasteiger partial charge in [-0.1, -0.05) is 35.3 Å². The maximum absolute atomic E-state index is 12.2. The summed E-state index contributed by atoms with van der Waals surface area (Å²) in [5, 5.41) is 3.39. The van der Waals surface area contributed by atoms with Crippen molar-refractivity contribution in [3.63, 3.8) is 0 Å². The molecule has 0 fully saturated rings. The molecule has 0 heterocycles. The van der Waals surface area contributed by atoms with Crippen molar-refractivity contribution in [2.75, 3.05) is 12.4 Å². The van der Waals surface area contributed by atoms with Gasteiger partial charge in [0, 0.05) is 22.8 Å². The van der Waals surface area contributed by atoms with Crippen LogP contribution in [0.1, 0.15) is 22.8 Å². The van der Waals surface area contributed by atoms with Crippen LogP contribution in [-0.2, 0) is 20.9 Å². The molecule has 1 N–H and O–H groups in total. The summed E-state index contributed by atoms with van der Waals surface area (Å²) in [5.74, 6) is -1.07. The minimum atomic E-state index is -0.982. The monoisotopic (exact) mass is 381 g/mol. The average Bonchev–Trinajstić information content (AvgIpc) is 2.54. The van der Waals surface area contributed by atoms with E-state index in [-0.39, 0.29) is 0 Å². The molecule has 2 rings (SSSR count). The largest absolute Gasteiger partial charge is 0.449 e. The minimum Gasteiger partial charge on any atom is -0.449 e. The third-order valence-electron chi connectivity index (χ3n) is 3.28. The fraction of sp³-hybridized carbons (Fsp3) is 0.222. The lowest BCUT2D eigenvalue weighted by molar-refractivity contribution is -0.123. The predicted octanol–water partition coefficient (Wildman–Crippen LogP) is 4.32. The van der Waals surface area contributed by atoms with Gasteiger partial charge in [0.05, 0.1) is 12.2 Å². The molecule has 132 valence electrons. The first kappa shape index (κ1) is 19.2. The van der Waals surface area contributed by atoms with Gasteiger partial charge >= 0.3 is 5.97 Å². The molecule has 1 atom stereocenters. The van der Waals surface area contributed by atoms with Gasteiger partial charge in [0.1, 0.15) is 0 Å². The van der Waals surface area contributed by atoms with Crippen LogP contribution in [0, 0.1) is 0 Å². The molecule has 0 aromatic heterocycles. The molecule has 2 aromatic carbocycles. The molecule has 25 heavy (non-hydrogen) atoms. The standard InChI is InChI=1S/C18H17Cl2NO4/c1-11(17(22)21-16-8-14(19)7-15(20)9-16)25-18(23)13-5-3-12(4-6-13)10-24-2/h3-9,11H,10H2,1-2H3,(H,21,22)/t11-/m0/s1. The highest BCUT2D eigenvalue weighted by atomic mass is 35.5. The number of methoxy groups -OCH3 is 1. The lowest BCUT2D eigenvalue weighted by Gasteiger charge is -2.14. The van der Waals surface area contributed by atoms with Crippen LogP contribution in [0.2, 0.25) is 10.0 Å². The van der Waals surface area contributed by atoms with Crippen molar-refractivity contribution in [3.05, 3.63) is 63.6 Å². The van der Waals surface area contributed by atoms with Crippen LogP contribution in [0.3, 0.4) is 0 Å². The molecule has 0 saturated heterocycles. The highest BCUT2D eigenvalue weighted by molar-refractivity contribution is 6.35. The molecule has 0 spiro atoms. The second-order valence-electron chi connectivity index (χ2n) is 5.32. The van der Waals surface area contributed by atoms with Crippen molar-refractivity contribution in [2.24, 2.45) is 0 Å². The minimum absolute atomic E-state index is 0.352. The van der Waals surface area contributed by atoms with Crippen molar-refractivity contribution < 1.29 is 19.1 Å². The highest BCUT2D eigenvalue weighted by Crippen LogP contribution is 2.22. The Morgan fingerprint density at radius 1 is 1.08 bits per heavy atom. The third-order valence-corrected chi connectivity index (χ3v) is 3.72.